The van der Waals surface area contributed by atoms with E-state index in [4.69, 9.17) is 19.9 Å². The maximum absolute atomic E-state index is 13.9. The number of rotatable bonds is 7. The van der Waals surface area contributed by atoms with Gasteiger partial charge >= 0.3 is 0 Å². The van der Waals surface area contributed by atoms with E-state index in [1.165, 1.54) is 47.5 Å². The molecule has 2 radical (unpaired) electrons. The Labute approximate surface area is 448 Å². The van der Waals surface area contributed by atoms with Gasteiger partial charge in [0.1, 0.15) is 5.82 Å². The van der Waals surface area contributed by atoms with Gasteiger partial charge in [-0.1, -0.05) is 121 Å². The fourth-order valence-electron chi connectivity index (χ4n) is 8.71. The Hall–Kier alpha value is -6.47. The quantitative estimate of drug-likeness (QED) is 0.149. The summed E-state index contributed by atoms with van der Waals surface area (Å²) in [6.07, 6.45) is 0.662. The SMILES string of the molecule is CC(C)(C)c1ccc(-c2cc(-c3ccc(C(C)(C)C)cc3)cc(-c3nc4ccccc4nc3-c3[c-]cc(F)cc3)c2)cc1.CCc1cc(F)cc(C)c1-c1nc2ccccc2nc1-c1[c-]cc(F)cc1.[Ir].[Ir]. The molecule has 8 aromatic carbocycles. The van der Waals surface area contributed by atoms with E-state index in [0.29, 0.717) is 34.6 Å². The van der Waals surface area contributed by atoms with Crippen molar-refractivity contribution in [2.24, 2.45) is 0 Å². The molecule has 0 fully saturated rings. The largest absolute Gasteiger partial charge is 0.292 e. The first-order chi connectivity index (χ1) is 33.5. The van der Waals surface area contributed by atoms with Crippen LogP contribution in [0, 0.1) is 36.5 Å². The molecule has 366 valence electrons. The number of hydrogen-bond donors (Lipinski definition) is 0. The smallest absolute Gasteiger partial charge is 0.123 e. The molecule has 10 aromatic rings. The number of halogens is 3. The zero-order valence-corrected chi connectivity index (χ0v) is 46.2. The summed E-state index contributed by atoms with van der Waals surface area (Å²) < 4.78 is 41.2. The van der Waals surface area contributed by atoms with E-state index in [1.54, 1.807) is 12.1 Å². The van der Waals surface area contributed by atoms with Crippen LogP contribution in [0.25, 0.3) is 89.4 Å². The fourth-order valence-corrected chi connectivity index (χ4v) is 8.71. The first-order valence-electron chi connectivity index (χ1n) is 23.6. The number of nitrogens with zero attached hydrogens (tertiary/aromatic N) is 4. The maximum atomic E-state index is 13.9. The van der Waals surface area contributed by atoms with Crippen LogP contribution in [-0.4, -0.2) is 19.9 Å². The minimum Gasteiger partial charge on any atom is -0.292 e. The van der Waals surface area contributed by atoms with Crippen LogP contribution >= 0.6 is 0 Å². The van der Waals surface area contributed by atoms with Gasteiger partial charge in [-0.05, 0) is 134 Å². The summed E-state index contributed by atoms with van der Waals surface area (Å²) in [4.78, 5) is 19.8. The van der Waals surface area contributed by atoms with Gasteiger partial charge in [-0.15, -0.1) is 59.7 Å². The van der Waals surface area contributed by atoms with Crippen LogP contribution in [0.15, 0.2) is 164 Å². The zero-order chi connectivity index (χ0) is 49.3. The molecule has 0 aliphatic rings. The molecule has 0 atom stereocenters. The molecule has 0 aliphatic carbocycles. The van der Waals surface area contributed by atoms with E-state index in [1.807, 2.05) is 62.4 Å². The summed E-state index contributed by atoms with van der Waals surface area (Å²) in [6, 6.07) is 57.6. The van der Waals surface area contributed by atoms with Gasteiger partial charge in [0.25, 0.3) is 0 Å². The number of aromatic nitrogens is 4. The molecule has 4 nitrogen and oxygen atoms in total. The van der Waals surface area contributed by atoms with Gasteiger partial charge in [0.2, 0.25) is 0 Å². The molecule has 2 aromatic heterocycles. The molecule has 9 heteroatoms. The van der Waals surface area contributed by atoms with E-state index in [0.717, 1.165) is 72.3 Å². The maximum Gasteiger partial charge on any atom is 0.123 e. The van der Waals surface area contributed by atoms with E-state index in [2.05, 4.69) is 120 Å². The molecule has 0 aliphatic heterocycles. The molecule has 0 saturated heterocycles. The summed E-state index contributed by atoms with van der Waals surface area (Å²) in [7, 11) is 0. The van der Waals surface area contributed by atoms with Crippen molar-refractivity contribution in [2.75, 3.05) is 0 Å². The average Bonchev–Trinajstić information content (AvgIpc) is 3.35. The third-order valence-electron chi connectivity index (χ3n) is 12.6. The van der Waals surface area contributed by atoms with Crippen molar-refractivity contribution in [1.82, 2.24) is 19.9 Å². The van der Waals surface area contributed by atoms with Gasteiger partial charge < -0.3 is 0 Å². The number of aryl methyl sites for hydroxylation is 2. The molecule has 0 saturated carbocycles. The van der Waals surface area contributed by atoms with Crippen molar-refractivity contribution in [3.8, 4) is 67.3 Å². The van der Waals surface area contributed by atoms with Crippen LogP contribution in [0.3, 0.4) is 0 Å². The third-order valence-corrected chi connectivity index (χ3v) is 12.6. The van der Waals surface area contributed by atoms with Crippen LogP contribution in [0.4, 0.5) is 13.2 Å². The number of benzene rings is 8. The van der Waals surface area contributed by atoms with Gasteiger partial charge in [0.15, 0.2) is 0 Å². The number of fused-ring (bicyclic) bond motifs is 2. The Morgan fingerprint density at radius 2 is 0.806 bits per heavy atom. The predicted molar refractivity (Wildman–Crippen MR) is 281 cm³/mol. The first-order valence-corrected chi connectivity index (χ1v) is 23.6. The number of hydrogen-bond acceptors (Lipinski definition) is 4. The van der Waals surface area contributed by atoms with E-state index in [-0.39, 0.29) is 68.5 Å². The molecule has 0 amide bonds. The van der Waals surface area contributed by atoms with E-state index in [9.17, 15) is 13.2 Å². The van der Waals surface area contributed by atoms with Crippen LogP contribution in [-0.2, 0) is 57.5 Å². The summed E-state index contributed by atoms with van der Waals surface area (Å²) in [5, 5.41) is 0. The fraction of sp³-hybridized carbons (Fsp3) is 0.175. The molecule has 0 unspecified atom stereocenters. The van der Waals surface area contributed by atoms with Crippen LogP contribution in [0.1, 0.15) is 70.7 Å². The van der Waals surface area contributed by atoms with Crippen molar-refractivity contribution >= 4 is 22.1 Å². The zero-order valence-electron chi connectivity index (χ0n) is 41.4. The van der Waals surface area contributed by atoms with Crippen molar-refractivity contribution in [3.05, 3.63) is 216 Å². The topological polar surface area (TPSA) is 51.6 Å². The minimum atomic E-state index is -0.360. The van der Waals surface area contributed by atoms with Crippen molar-refractivity contribution < 1.29 is 53.4 Å². The van der Waals surface area contributed by atoms with Crippen molar-refractivity contribution in [1.29, 1.82) is 0 Å². The summed E-state index contributed by atoms with van der Waals surface area (Å²) in [5.74, 6) is -0.959. The molecule has 0 N–H and O–H groups in total. The standard InChI is InChI=1S/C40H36FN2.C23H17F2N2.2Ir/c1-39(2,3)32-17-11-26(12-18-32)29-23-30(27-13-19-33(20-14-27)40(4,5)6)25-31(24-29)38-37(28-15-21-34(41)22-16-28)42-35-9-7-8-10-36(35)43-38;1-3-15-13-18(25)12-14(2)21(15)23-22(16-8-10-17(24)11-9-16)26-19-6-4-5-7-20(19)27-23;;/h7-15,17-25H,1-6H3;4-8,10-13H,3H2,1-2H3;;/q2*-1;;. The Morgan fingerprint density at radius 1 is 0.417 bits per heavy atom. The molecule has 0 bridgehead atoms. The Morgan fingerprint density at radius 3 is 1.19 bits per heavy atom. The molecule has 0 spiro atoms. The average molecular weight is 1310 g/mol. The predicted octanol–water partition coefficient (Wildman–Crippen LogP) is 16.7. The molecular weight excluding hydrogens is 1250 g/mol. The molecular formula is C63H53F3Ir2N4-2. The second-order valence-corrected chi connectivity index (χ2v) is 19.7. The van der Waals surface area contributed by atoms with E-state index >= 15 is 0 Å². The molecule has 2 heterocycles. The van der Waals surface area contributed by atoms with Crippen LogP contribution < -0.4 is 0 Å². The van der Waals surface area contributed by atoms with Crippen molar-refractivity contribution in [3.63, 3.8) is 0 Å². The number of para-hydroxylation sites is 4. The minimum absolute atomic E-state index is 0. The molecule has 72 heavy (non-hydrogen) atoms. The Balaban J connectivity index is 0.000000226. The van der Waals surface area contributed by atoms with Gasteiger partial charge in [-0.3, -0.25) is 28.7 Å². The van der Waals surface area contributed by atoms with Gasteiger partial charge in [-0.25, -0.2) is 4.39 Å². The summed E-state index contributed by atoms with van der Waals surface area (Å²) in [5.41, 5.74) is 17.7. The summed E-state index contributed by atoms with van der Waals surface area (Å²) in [6.45, 7) is 17.2. The van der Waals surface area contributed by atoms with E-state index < -0.39 is 0 Å². The van der Waals surface area contributed by atoms with Gasteiger partial charge in [0.05, 0.1) is 33.5 Å². The Kier molecular flexibility index (Phi) is 16.4. The summed E-state index contributed by atoms with van der Waals surface area (Å²) >= 11 is 0. The van der Waals surface area contributed by atoms with Crippen molar-refractivity contribution in [2.45, 2.75) is 72.6 Å². The second-order valence-electron chi connectivity index (χ2n) is 19.7. The van der Waals surface area contributed by atoms with Gasteiger partial charge in [-0.2, -0.15) is 0 Å². The monoisotopic (exact) mass is 1310 g/mol. The van der Waals surface area contributed by atoms with Gasteiger partial charge in [0, 0.05) is 63.2 Å². The second kappa shape index (κ2) is 22.1. The van der Waals surface area contributed by atoms with Crippen LogP contribution in [0.5, 0.6) is 0 Å². The normalized spacial score (nSPS) is 11.4. The third kappa shape index (κ3) is 11.7. The first kappa shape index (κ1) is 53.3. The van der Waals surface area contributed by atoms with Crippen LogP contribution in [0.2, 0.25) is 0 Å². The Bertz CT molecular complexity index is 3430. The molecule has 10 rings (SSSR count).